The van der Waals surface area contributed by atoms with Crippen molar-refractivity contribution in [2.75, 3.05) is 6.54 Å². The van der Waals surface area contributed by atoms with Crippen molar-refractivity contribution < 1.29 is 9.90 Å². The van der Waals surface area contributed by atoms with E-state index in [1.54, 1.807) is 0 Å². The van der Waals surface area contributed by atoms with Crippen LogP contribution in [0.25, 0.3) is 0 Å². The average Bonchev–Trinajstić information content (AvgIpc) is 2.27. The minimum absolute atomic E-state index is 0.151. The third-order valence-corrected chi connectivity index (χ3v) is 3.33. The molecule has 0 aromatic rings. The lowest BCUT2D eigenvalue weighted by Crippen LogP contribution is -2.20. The maximum absolute atomic E-state index is 10.6. The minimum Gasteiger partial charge on any atom is -0.481 e. The molecule has 0 amide bonds. The second kappa shape index (κ2) is 10.6. The van der Waals surface area contributed by atoms with Gasteiger partial charge in [0.25, 0.3) is 0 Å². The van der Waals surface area contributed by atoms with Crippen molar-refractivity contribution in [3.8, 4) is 0 Å². The van der Waals surface area contributed by atoms with Crippen LogP contribution in [-0.4, -0.2) is 17.6 Å². The summed E-state index contributed by atoms with van der Waals surface area (Å²) in [6.45, 7) is 4.93. The molecular formula is C14H29NO2. The van der Waals surface area contributed by atoms with E-state index in [1.165, 1.54) is 38.5 Å². The number of carboxylic acid groups (broad SMARTS) is 1. The topological polar surface area (TPSA) is 63.3 Å². The van der Waals surface area contributed by atoms with Gasteiger partial charge in [-0.2, -0.15) is 0 Å². The Balaban J connectivity index is 3.60. The van der Waals surface area contributed by atoms with E-state index in [0.717, 1.165) is 6.42 Å². The molecule has 2 atom stereocenters. The number of hydrogen-bond acceptors (Lipinski definition) is 2. The normalized spacial score (nSPS) is 14.5. The molecular weight excluding hydrogens is 214 g/mol. The minimum atomic E-state index is -0.726. The fourth-order valence-corrected chi connectivity index (χ4v) is 2.29. The molecule has 3 nitrogen and oxygen atoms in total. The molecule has 0 saturated carbocycles. The molecule has 0 rings (SSSR count). The summed E-state index contributed by atoms with van der Waals surface area (Å²) in [6, 6.07) is 0. The molecule has 0 aliphatic rings. The van der Waals surface area contributed by atoms with Crippen molar-refractivity contribution in [3.05, 3.63) is 0 Å². The molecule has 102 valence electrons. The number of hydrogen-bond donors (Lipinski definition) is 2. The highest BCUT2D eigenvalue weighted by molar-refractivity contribution is 5.67. The van der Waals surface area contributed by atoms with Gasteiger partial charge in [-0.05, 0) is 24.8 Å². The predicted octanol–water partition coefficient (Wildman–Crippen LogP) is 3.42. The summed E-state index contributed by atoms with van der Waals surface area (Å²) in [5, 5.41) is 8.75. The van der Waals surface area contributed by atoms with Gasteiger partial charge in [-0.3, -0.25) is 4.79 Å². The van der Waals surface area contributed by atoms with Gasteiger partial charge in [-0.1, -0.05) is 52.4 Å². The molecule has 0 fully saturated rings. The number of rotatable bonds is 11. The van der Waals surface area contributed by atoms with Crippen molar-refractivity contribution in [1.82, 2.24) is 0 Å². The SMILES string of the molecule is CCCCCCC[C@@H](C)C[C@H](CN)CC(=O)O. The molecule has 3 N–H and O–H groups in total. The van der Waals surface area contributed by atoms with E-state index < -0.39 is 5.97 Å². The van der Waals surface area contributed by atoms with E-state index >= 15 is 0 Å². The first kappa shape index (κ1) is 16.4. The largest absolute Gasteiger partial charge is 0.481 e. The molecule has 0 bridgehead atoms. The summed E-state index contributed by atoms with van der Waals surface area (Å²) in [7, 11) is 0. The van der Waals surface area contributed by atoms with Gasteiger partial charge < -0.3 is 10.8 Å². The molecule has 0 unspecified atom stereocenters. The Labute approximate surface area is 106 Å². The van der Waals surface area contributed by atoms with Crippen LogP contribution >= 0.6 is 0 Å². The molecule has 0 spiro atoms. The van der Waals surface area contributed by atoms with Gasteiger partial charge in [0.15, 0.2) is 0 Å². The Hall–Kier alpha value is -0.570. The van der Waals surface area contributed by atoms with E-state index in [-0.39, 0.29) is 12.3 Å². The number of aliphatic carboxylic acids is 1. The summed E-state index contributed by atoms with van der Waals surface area (Å²) in [5.74, 6) is 0.0262. The van der Waals surface area contributed by atoms with E-state index in [0.29, 0.717) is 12.5 Å². The Kier molecular flexibility index (Phi) is 10.2. The van der Waals surface area contributed by atoms with Gasteiger partial charge in [0.2, 0.25) is 0 Å². The molecule has 3 heteroatoms. The lowest BCUT2D eigenvalue weighted by molar-refractivity contribution is -0.138. The maximum atomic E-state index is 10.6. The zero-order chi connectivity index (χ0) is 13.1. The van der Waals surface area contributed by atoms with Crippen molar-refractivity contribution in [2.45, 2.75) is 65.2 Å². The van der Waals surface area contributed by atoms with Crippen molar-refractivity contribution in [1.29, 1.82) is 0 Å². The fourth-order valence-electron chi connectivity index (χ4n) is 2.29. The van der Waals surface area contributed by atoms with Crippen LogP contribution in [0.2, 0.25) is 0 Å². The lowest BCUT2D eigenvalue weighted by atomic mass is 9.89. The summed E-state index contributed by atoms with van der Waals surface area (Å²) in [4.78, 5) is 10.6. The second-order valence-corrected chi connectivity index (χ2v) is 5.24. The van der Waals surface area contributed by atoms with Crippen LogP contribution in [0, 0.1) is 11.8 Å². The summed E-state index contributed by atoms with van der Waals surface area (Å²) in [6.07, 6.45) is 8.91. The first-order valence-corrected chi connectivity index (χ1v) is 7.02. The molecule has 0 radical (unpaired) electrons. The third kappa shape index (κ3) is 10.3. The first-order valence-electron chi connectivity index (χ1n) is 7.02. The standard InChI is InChI=1S/C14H29NO2/c1-3-4-5-6-7-8-12(2)9-13(11-15)10-14(16)17/h12-13H,3-11,15H2,1-2H3,(H,16,17)/t12-,13+/m1/s1. The van der Waals surface area contributed by atoms with Gasteiger partial charge in [0.05, 0.1) is 0 Å². The Morgan fingerprint density at radius 1 is 1.24 bits per heavy atom. The van der Waals surface area contributed by atoms with Crippen LogP contribution in [-0.2, 0) is 4.79 Å². The number of carboxylic acids is 1. The molecule has 0 aliphatic carbocycles. The maximum Gasteiger partial charge on any atom is 0.303 e. The van der Waals surface area contributed by atoms with Crippen molar-refractivity contribution in [2.24, 2.45) is 17.6 Å². The summed E-state index contributed by atoms with van der Waals surface area (Å²) in [5.41, 5.74) is 5.60. The Morgan fingerprint density at radius 3 is 2.41 bits per heavy atom. The average molecular weight is 243 g/mol. The molecule has 0 aromatic heterocycles. The zero-order valence-electron chi connectivity index (χ0n) is 11.5. The van der Waals surface area contributed by atoms with E-state index in [4.69, 9.17) is 10.8 Å². The van der Waals surface area contributed by atoms with Crippen LogP contribution < -0.4 is 5.73 Å². The second-order valence-electron chi connectivity index (χ2n) is 5.24. The first-order chi connectivity index (χ1) is 8.10. The van der Waals surface area contributed by atoms with Crippen LogP contribution in [0.4, 0.5) is 0 Å². The van der Waals surface area contributed by atoms with Gasteiger partial charge in [-0.25, -0.2) is 0 Å². The number of carbonyl (C=O) groups is 1. The fraction of sp³-hybridized carbons (Fsp3) is 0.929. The van der Waals surface area contributed by atoms with E-state index in [1.807, 2.05) is 0 Å². The smallest absolute Gasteiger partial charge is 0.303 e. The molecule has 0 saturated heterocycles. The number of nitrogens with two attached hydrogens (primary N) is 1. The Morgan fingerprint density at radius 2 is 1.88 bits per heavy atom. The summed E-state index contributed by atoms with van der Waals surface area (Å²) < 4.78 is 0. The van der Waals surface area contributed by atoms with Crippen LogP contribution in [0.15, 0.2) is 0 Å². The molecule has 0 heterocycles. The van der Waals surface area contributed by atoms with Crippen molar-refractivity contribution >= 4 is 5.97 Å². The lowest BCUT2D eigenvalue weighted by Gasteiger charge is -2.17. The van der Waals surface area contributed by atoms with Gasteiger partial charge in [0.1, 0.15) is 0 Å². The van der Waals surface area contributed by atoms with Gasteiger partial charge >= 0.3 is 5.97 Å². The molecule has 17 heavy (non-hydrogen) atoms. The zero-order valence-corrected chi connectivity index (χ0v) is 11.5. The van der Waals surface area contributed by atoms with Crippen LogP contribution in [0.1, 0.15) is 65.2 Å². The van der Waals surface area contributed by atoms with Crippen LogP contribution in [0.3, 0.4) is 0 Å². The number of unbranched alkanes of at least 4 members (excludes halogenated alkanes) is 4. The van der Waals surface area contributed by atoms with Gasteiger partial charge in [0, 0.05) is 6.42 Å². The Bertz CT molecular complexity index is 195. The third-order valence-electron chi connectivity index (χ3n) is 3.33. The summed E-state index contributed by atoms with van der Waals surface area (Å²) >= 11 is 0. The predicted molar refractivity (Wildman–Crippen MR) is 72.0 cm³/mol. The highest BCUT2D eigenvalue weighted by atomic mass is 16.4. The van der Waals surface area contributed by atoms with Gasteiger partial charge in [-0.15, -0.1) is 0 Å². The quantitative estimate of drug-likeness (QED) is 0.546. The molecule has 0 aromatic carbocycles. The monoisotopic (exact) mass is 243 g/mol. The highest BCUT2D eigenvalue weighted by Gasteiger charge is 2.14. The molecule has 0 aliphatic heterocycles. The van der Waals surface area contributed by atoms with Crippen molar-refractivity contribution in [3.63, 3.8) is 0 Å². The van der Waals surface area contributed by atoms with E-state index in [2.05, 4.69) is 13.8 Å². The van der Waals surface area contributed by atoms with Crippen LogP contribution in [0.5, 0.6) is 0 Å². The van der Waals surface area contributed by atoms with E-state index in [9.17, 15) is 4.79 Å². The highest BCUT2D eigenvalue weighted by Crippen LogP contribution is 2.20.